The van der Waals surface area contributed by atoms with Crippen LogP contribution in [-0.4, -0.2) is 64.0 Å². The maximum Gasteiger partial charge on any atom is 0.249 e. The number of nitrogens with zero attached hydrogens (tertiary/aromatic N) is 2. The Bertz CT molecular complexity index is 1650. The van der Waals surface area contributed by atoms with E-state index in [2.05, 4.69) is 16.7 Å². The van der Waals surface area contributed by atoms with Crippen molar-refractivity contribution in [1.29, 1.82) is 0 Å². The molecule has 0 saturated heterocycles. The Morgan fingerprint density at radius 3 is 1.60 bits per heavy atom. The number of benzene rings is 3. The van der Waals surface area contributed by atoms with Crippen molar-refractivity contribution >= 4 is 35.0 Å². The first-order chi connectivity index (χ1) is 23.2. The molecule has 0 aliphatic heterocycles. The average molecular weight is 651 g/mol. The van der Waals surface area contributed by atoms with Gasteiger partial charge in [0.25, 0.3) is 0 Å². The lowest BCUT2D eigenvalue weighted by Gasteiger charge is -2.25. The maximum absolute atomic E-state index is 13.6. The molecule has 3 aromatic rings. The molecular weight excluding hydrogens is 608 g/mol. The number of likely N-dealkylation sites (N-methyl/N-ethyl adjacent to an activating group) is 2. The van der Waals surface area contributed by atoms with Gasteiger partial charge in [-0.2, -0.15) is 0 Å². The van der Waals surface area contributed by atoms with E-state index in [0.29, 0.717) is 22.9 Å². The van der Waals surface area contributed by atoms with Crippen LogP contribution < -0.4 is 29.9 Å². The number of anilines is 2. The molecule has 0 fully saturated rings. The van der Waals surface area contributed by atoms with Crippen LogP contribution in [-0.2, 0) is 25.6 Å². The fourth-order valence-corrected chi connectivity index (χ4v) is 5.23. The first-order valence-electron chi connectivity index (χ1n) is 15.7. The van der Waals surface area contributed by atoms with Crippen molar-refractivity contribution in [3.05, 3.63) is 120 Å². The van der Waals surface area contributed by atoms with Gasteiger partial charge >= 0.3 is 0 Å². The molecule has 3 aromatic carbocycles. The average Bonchev–Trinajstić information content (AvgIpc) is 3.13. The zero-order valence-electron chi connectivity index (χ0n) is 27.7. The van der Waals surface area contributed by atoms with E-state index in [-0.39, 0.29) is 24.7 Å². The van der Waals surface area contributed by atoms with E-state index < -0.39 is 23.9 Å². The molecule has 1 aliphatic rings. The normalized spacial score (nSPS) is 13.5. The van der Waals surface area contributed by atoms with Crippen molar-refractivity contribution in [2.45, 2.75) is 37.8 Å². The lowest BCUT2D eigenvalue weighted by atomic mass is 9.99. The highest BCUT2D eigenvalue weighted by Crippen LogP contribution is 2.22. The number of amides is 4. The smallest absolute Gasteiger partial charge is 0.249 e. The monoisotopic (exact) mass is 650 g/mol. The van der Waals surface area contributed by atoms with Gasteiger partial charge in [0, 0.05) is 50.5 Å². The van der Waals surface area contributed by atoms with Crippen LogP contribution >= 0.6 is 0 Å². The highest BCUT2D eigenvalue weighted by atomic mass is 16.5. The summed E-state index contributed by atoms with van der Waals surface area (Å²) in [5, 5.41) is 5.54. The molecule has 2 atom stereocenters. The van der Waals surface area contributed by atoms with Gasteiger partial charge in [-0.05, 0) is 72.5 Å². The molecule has 4 rings (SSSR count). The van der Waals surface area contributed by atoms with Gasteiger partial charge in [0.2, 0.25) is 23.6 Å². The maximum atomic E-state index is 13.6. The standard InChI is InChI=1S/C38H42N4O6/c1-41(29-15-19-31(47-3)20-16-29)37(45)33(25-27-11-7-5-8-12-27)39-35(43)23-24-36(44)40-34(26-28-13-9-6-10-14-28)38(46)42(2)30-17-21-32(48-4)22-18-30/h5,7-9,11-24,33-34H,6,10,25-26H2,1-4H3,(H,39,43)(H,40,44)/b24-23+/t33-,34-/m0/s1. The quantitative estimate of drug-likeness (QED) is 0.243. The number of carbonyl (C=O) groups is 4. The minimum Gasteiger partial charge on any atom is -0.497 e. The summed E-state index contributed by atoms with van der Waals surface area (Å²) in [6.07, 6.45) is 10.5. The second-order valence-corrected chi connectivity index (χ2v) is 11.3. The molecular formula is C38H42N4O6. The molecule has 0 heterocycles. The lowest BCUT2D eigenvalue weighted by Crippen LogP contribution is -2.48. The number of hydrogen-bond donors (Lipinski definition) is 2. The number of ether oxygens (including phenoxy) is 2. The molecule has 0 radical (unpaired) electrons. The Morgan fingerprint density at radius 1 is 0.688 bits per heavy atom. The van der Waals surface area contributed by atoms with Crippen molar-refractivity contribution in [2.24, 2.45) is 0 Å². The van der Waals surface area contributed by atoms with Gasteiger partial charge in [0.1, 0.15) is 23.6 Å². The summed E-state index contributed by atoms with van der Waals surface area (Å²) in [4.78, 5) is 56.4. The van der Waals surface area contributed by atoms with Crippen molar-refractivity contribution in [2.75, 3.05) is 38.1 Å². The van der Waals surface area contributed by atoms with Crippen LogP contribution in [0.25, 0.3) is 0 Å². The van der Waals surface area contributed by atoms with Crippen LogP contribution in [0.5, 0.6) is 11.5 Å². The summed E-state index contributed by atoms with van der Waals surface area (Å²) in [6, 6.07) is 21.6. The first-order valence-corrected chi connectivity index (χ1v) is 15.7. The fourth-order valence-electron chi connectivity index (χ4n) is 5.23. The Hall–Kier alpha value is -5.64. The summed E-state index contributed by atoms with van der Waals surface area (Å²) >= 11 is 0. The lowest BCUT2D eigenvalue weighted by molar-refractivity contribution is -0.125. The Kier molecular flexibility index (Phi) is 12.7. The van der Waals surface area contributed by atoms with E-state index in [9.17, 15) is 19.2 Å². The predicted octanol–water partition coefficient (Wildman–Crippen LogP) is 4.76. The van der Waals surface area contributed by atoms with Gasteiger partial charge in [0.05, 0.1) is 14.2 Å². The number of methoxy groups -OCH3 is 2. The van der Waals surface area contributed by atoms with E-state index >= 15 is 0 Å². The van der Waals surface area contributed by atoms with Crippen molar-refractivity contribution in [1.82, 2.24) is 10.6 Å². The predicted molar refractivity (Wildman–Crippen MR) is 187 cm³/mol. The third kappa shape index (κ3) is 9.93. The van der Waals surface area contributed by atoms with E-state index in [1.807, 2.05) is 42.5 Å². The van der Waals surface area contributed by atoms with E-state index in [0.717, 1.165) is 36.1 Å². The van der Waals surface area contributed by atoms with Gasteiger partial charge in [0.15, 0.2) is 0 Å². The molecule has 4 amide bonds. The van der Waals surface area contributed by atoms with E-state index in [1.54, 1.807) is 76.8 Å². The molecule has 48 heavy (non-hydrogen) atoms. The van der Waals surface area contributed by atoms with Crippen LogP contribution in [0.3, 0.4) is 0 Å². The third-order valence-electron chi connectivity index (χ3n) is 7.99. The number of allylic oxidation sites excluding steroid dienone is 3. The molecule has 0 aromatic heterocycles. The largest absolute Gasteiger partial charge is 0.497 e. The zero-order chi connectivity index (χ0) is 34.5. The fraction of sp³-hybridized carbons (Fsp3) is 0.263. The molecule has 1 aliphatic carbocycles. The summed E-state index contributed by atoms with van der Waals surface area (Å²) in [6.45, 7) is 0. The zero-order valence-corrected chi connectivity index (χ0v) is 27.7. The highest BCUT2D eigenvalue weighted by Gasteiger charge is 2.27. The van der Waals surface area contributed by atoms with Crippen molar-refractivity contribution < 1.29 is 28.7 Å². The molecule has 0 unspecified atom stereocenters. The van der Waals surface area contributed by atoms with E-state index in [1.165, 1.54) is 9.80 Å². The minimum absolute atomic E-state index is 0.239. The molecule has 0 saturated carbocycles. The third-order valence-corrected chi connectivity index (χ3v) is 7.99. The first kappa shape index (κ1) is 35.2. The molecule has 10 heteroatoms. The van der Waals surface area contributed by atoms with Gasteiger partial charge < -0.3 is 29.9 Å². The van der Waals surface area contributed by atoms with Gasteiger partial charge in [-0.15, -0.1) is 0 Å². The van der Waals surface area contributed by atoms with Gasteiger partial charge in [-0.25, -0.2) is 0 Å². The van der Waals surface area contributed by atoms with Crippen LogP contribution in [0.1, 0.15) is 24.8 Å². The summed E-state index contributed by atoms with van der Waals surface area (Å²) in [5.74, 6) is -0.588. The second kappa shape index (κ2) is 17.3. The number of hydrogen-bond acceptors (Lipinski definition) is 6. The molecule has 250 valence electrons. The van der Waals surface area contributed by atoms with Crippen molar-refractivity contribution in [3.8, 4) is 11.5 Å². The Balaban J connectivity index is 1.46. The van der Waals surface area contributed by atoms with Crippen LogP contribution in [0.15, 0.2) is 115 Å². The van der Waals surface area contributed by atoms with Crippen LogP contribution in [0.2, 0.25) is 0 Å². The number of nitrogens with one attached hydrogen (secondary N) is 2. The Labute approximate surface area is 281 Å². The van der Waals surface area contributed by atoms with Gasteiger partial charge in [-0.3, -0.25) is 19.2 Å². The van der Waals surface area contributed by atoms with Crippen molar-refractivity contribution in [3.63, 3.8) is 0 Å². The molecule has 0 spiro atoms. The molecule has 0 bridgehead atoms. The van der Waals surface area contributed by atoms with Gasteiger partial charge in [-0.1, -0.05) is 48.6 Å². The summed E-state index contributed by atoms with van der Waals surface area (Å²) < 4.78 is 10.4. The van der Waals surface area contributed by atoms with Crippen LogP contribution in [0, 0.1) is 0 Å². The molecule has 2 N–H and O–H groups in total. The topological polar surface area (TPSA) is 117 Å². The number of rotatable bonds is 14. The summed E-state index contributed by atoms with van der Waals surface area (Å²) in [5.41, 5.74) is 3.06. The second-order valence-electron chi connectivity index (χ2n) is 11.3. The van der Waals surface area contributed by atoms with E-state index in [4.69, 9.17) is 9.47 Å². The minimum atomic E-state index is -0.919. The SMILES string of the molecule is COc1ccc(N(C)C(=O)[C@H](CC2=CCCC=C2)NC(=O)/C=C/C(=O)N[C@@H](Cc2ccccc2)C(=O)N(C)c2ccc(OC)cc2)cc1. The highest BCUT2D eigenvalue weighted by molar-refractivity contribution is 6.04. The van der Waals surface area contributed by atoms with Crippen LogP contribution in [0.4, 0.5) is 11.4 Å². The Morgan fingerprint density at radius 2 is 1.17 bits per heavy atom. The summed E-state index contributed by atoms with van der Waals surface area (Å²) in [7, 11) is 6.41. The molecule has 10 nitrogen and oxygen atoms in total. The number of carbonyl (C=O) groups excluding carboxylic acids is 4.